The van der Waals surface area contributed by atoms with E-state index in [-0.39, 0.29) is 11.5 Å². The third-order valence-electron chi connectivity index (χ3n) is 2.18. The number of phenols is 2. The van der Waals surface area contributed by atoms with Crippen molar-refractivity contribution in [3.63, 3.8) is 0 Å². The minimum atomic E-state index is -1.26. The Morgan fingerprint density at radius 1 is 1.38 bits per heavy atom. The van der Waals surface area contributed by atoms with Gasteiger partial charge in [-0.1, -0.05) is 12.0 Å². The van der Waals surface area contributed by atoms with Gasteiger partial charge < -0.3 is 21.1 Å². The number of rotatable bonds is 3. The van der Waals surface area contributed by atoms with Crippen LogP contribution in [0.2, 0.25) is 0 Å². The zero-order valence-electron chi connectivity index (χ0n) is 8.29. The molecule has 0 radical (unpaired) electrons. The number of carboxylic acid groups (broad SMARTS) is 1. The van der Waals surface area contributed by atoms with Crippen molar-refractivity contribution in [2.24, 2.45) is 5.73 Å². The summed E-state index contributed by atoms with van der Waals surface area (Å²) in [5.41, 5.74) is 5.77. The number of benzene rings is 1. The van der Waals surface area contributed by atoms with Crippen molar-refractivity contribution in [3.05, 3.63) is 23.8 Å². The van der Waals surface area contributed by atoms with Crippen LogP contribution in [0.15, 0.2) is 18.2 Å². The first-order valence-corrected chi connectivity index (χ1v) is 4.43. The summed E-state index contributed by atoms with van der Waals surface area (Å²) in [5.74, 6) is -0.504. The Morgan fingerprint density at radius 3 is 2.44 bits per heavy atom. The van der Waals surface area contributed by atoms with Crippen LogP contribution in [0.5, 0.6) is 11.5 Å². The second kappa shape index (κ2) is 4.55. The van der Waals surface area contributed by atoms with Gasteiger partial charge in [0.1, 0.15) is 6.04 Å². The van der Waals surface area contributed by atoms with Gasteiger partial charge in [-0.05, 0) is 17.7 Å². The van der Waals surface area contributed by atoms with Crippen LogP contribution in [0.3, 0.4) is 0 Å². The molecular formula is C11H11NO4. The first-order valence-electron chi connectivity index (χ1n) is 4.43. The Labute approximate surface area is 92.1 Å². The summed E-state index contributed by atoms with van der Waals surface area (Å²) >= 11 is 0. The van der Waals surface area contributed by atoms with Crippen LogP contribution in [0.25, 0.3) is 0 Å². The molecule has 5 heteroatoms. The zero-order chi connectivity index (χ0) is 12.3. The predicted molar refractivity (Wildman–Crippen MR) is 57.0 cm³/mol. The average molecular weight is 221 g/mol. The number of hydrogen-bond donors (Lipinski definition) is 4. The van der Waals surface area contributed by atoms with Crippen LogP contribution in [-0.2, 0) is 4.79 Å². The Hall–Kier alpha value is -2.19. The molecule has 0 saturated carbocycles. The maximum Gasteiger partial charge on any atom is 0.322 e. The van der Waals surface area contributed by atoms with Crippen molar-refractivity contribution >= 4 is 5.97 Å². The summed E-state index contributed by atoms with van der Waals surface area (Å²) in [6.07, 6.45) is 5.19. The molecule has 2 atom stereocenters. The van der Waals surface area contributed by atoms with E-state index >= 15 is 0 Å². The number of terminal acetylenes is 1. The molecule has 0 saturated heterocycles. The molecule has 0 fully saturated rings. The summed E-state index contributed by atoms with van der Waals surface area (Å²) < 4.78 is 0. The summed E-state index contributed by atoms with van der Waals surface area (Å²) in [6.45, 7) is 0. The van der Waals surface area contributed by atoms with E-state index in [1.165, 1.54) is 18.2 Å². The molecule has 1 aromatic rings. The highest BCUT2D eigenvalue weighted by Crippen LogP contribution is 2.29. The highest BCUT2D eigenvalue weighted by Gasteiger charge is 2.24. The summed E-state index contributed by atoms with van der Waals surface area (Å²) in [7, 11) is 0. The Balaban J connectivity index is 3.10. The Morgan fingerprint density at radius 2 is 2.00 bits per heavy atom. The van der Waals surface area contributed by atoms with Gasteiger partial charge in [-0.2, -0.15) is 0 Å². The van der Waals surface area contributed by atoms with Gasteiger partial charge >= 0.3 is 5.97 Å². The number of carbonyl (C=O) groups is 1. The monoisotopic (exact) mass is 221 g/mol. The standard InChI is InChI=1S/C11H11NO4/c1-2-7(10(12)11(15)16)6-3-4-8(13)9(14)5-6/h1,3-5,7,10,13-14H,12H2,(H,15,16)/t7-,10+/m1/s1. The van der Waals surface area contributed by atoms with E-state index in [4.69, 9.17) is 22.4 Å². The lowest BCUT2D eigenvalue weighted by Crippen LogP contribution is -2.35. The maximum absolute atomic E-state index is 10.7. The predicted octanol–water partition coefficient (Wildman–Crippen LogP) is 0.226. The molecule has 1 aromatic carbocycles. The molecule has 0 aliphatic rings. The third kappa shape index (κ3) is 2.24. The summed E-state index contributed by atoms with van der Waals surface area (Å²) in [4.78, 5) is 10.7. The minimum absolute atomic E-state index is 0.302. The molecule has 1 rings (SSSR count). The van der Waals surface area contributed by atoms with Gasteiger partial charge in [-0.15, -0.1) is 6.42 Å². The van der Waals surface area contributed by atoms with Crippen molar-refractivity contribution in [2.75, 3.05) is 0 Å². The number of phenolic OH excluding ortho intramolecular Hbond substituents is 2. The number of carboxylic acids is 1. The van der Waals surface area contributed by atoms with Crippen molar-refractivity contribution in [1.29, 1.82) is 0 Å². The van der Waals surface area contributed by atoms with E-state index in [2.05, 4.69) is 5.92 Å². The quantitative estimate of drug-likeness (QED) is 0.432. The topological polar surface area (TPSA) is 104 Å². The molecule has 5 N–H and O–H groups in total. The maximum atomic E-state index is 10.7. The summed E-state index contributed by atoms with van der Waals surface area (Å²) in [6, 6.07) is 2.59. The third-order valence-corrected chi connectivity index (χ3v) is 2.18. The van der Waals surface area contributed by atoms with Crippen molar-refractivity contribution in [3.8, 4) is 23.8 Å². The van der Waals surface area contributed by atoms with Gasteiger partial charge in [-0.3, -0.25) is 4.79 Å². The highest BCUT2D eigenvalue weighted by molar-refractivity contribution is 5.75. The van der Waals surface area contributed by atoms with Gasteiger partial charge in [-0.25, -0.2) is 0 Å². The smallest absolute Gasteiger partial charge is 0.322 e. The molecule has 0 aromatic heterocycles. The van der Waals surface area contributed by atoms with Crippen LogP contribution in [-0.4, -0.2) is 27.3 Å². The van der Waals surface area contributed by atoms with E-state index < -0.39 is 17.9 Å². The first-order chi connectivity index (χ1) is 7.47. The largest absolute Gasteiger partial charge is 0.504 e. The van der Waals surface area contributed by atoms with Gasteiger partial charge in [0.25, 0.3) is 0 Å². The van der Waals surface area contributed by atoms with E-state index in [1.54, 1.807) is 0 Å². The molecule has 16 heavy (non-hydrogen) atoms. The van der Waals surface area contributed by atoms with Gasteiger partial charge in [0, 0.05) is 0 Å². The average Bonchev–Trinajstić information content (AvgIpc) is 2.24. The van der Waals surface area contributed by atoms with Crippen LogP contribution in [0, 0.1) is 12.3 Å². The van der Waals surface area contributed by atoms with Crippen molar-refractivity contribution in [1.82, 2.24) is 0 Å². The lowest BCUT2D eigenvalue weighted by molar-refractivity contribution is -0.138. The van der Waals surface area contributed by atoms with Crippen LogP contribution >= 0.6 is 0 Å². The number of hydrogen-bond acceptors (Lipinski definition) is 4. The molecule has 5 nitrogen and oxygen atoms in total. The molecule has 84 valence electrons. The number of nitrogens with two attached hydrogens (primary N) is 1. The molecule has 0 aliphatic heterocycles. The molecule has 0 unspecified atom stereocenters. The fraction of sp³-hybridized carbons (Fsp3) is 0.182. The number of aromatic hydroxyl groups is 2. The van der Waals surface area contributed by atoms with Crippen LogP contribution < -0.4 is 5.73 Å². The van der Waals surface area contributed by atoms with Gasteiger partial charge in [0.15, 0.2) is 11.5 Å². The zero-order valence-corrected chi connectivity index (χ0v) is 8.29. The molecule has 0 spiro atoms. The van der Waals surface area contributed by atoms with Gasteiger partial charge in [0.2, 0.25) is 0 Å². The SMILES string of the molecule is C#C[C@H](c1ccc(O)c(O)c1)[C@H](N)C(=O)O. The second-order valence-electron chi connectivity index (χ2n) is 3.26. The van der Waals surface area contributed by atoms with E-state index in [0.717, 1.165) is 0 Å². The molecule has 0 aliphatic carbocycles. The highest BCUT2D eigenvalue weighted by atomic mass is 16.4. The second-order valence-corrected chi connectivity index (χ2v) is 3.26. The lowest BCUT2D eigenvalue weighted by atomic mass is 9.92. The molecule has 0 amide bonds. The van der Waals surface area contributed by atoms with E-state index in [9.17, 15) is 9.90 Å². The Bertz CT molecular complexity index is 450. The van der Waals surface area contributed by atoms with Crippen LogP contribution in [0.4, 0.5) is 0 Å². The minimum Gasteiger partial charge on any atom is -0.504 e. The first kappa shape index (κ1) is 11.9. The van der Waals surface area contributed by atoms with Crippen LogP contribution in [0.1, 0.15) is 11.5 Å². The number of aliphatic carboxylic acids is 1. The van der Waals surface area contributed by atoms with Gasteiger partial charge in [0.05, 0.1) is 5.92 Å². The molecular weight excluding hydrogens is 210 g/mol. The van der Waals surface area contributed by atoms with Crippen molar-refractivity contribution < 1.29 is 20.1 Å². The molecule has 0 bridgehead atoms. The summed E-state index contributed by atoms with van der Waals surface area (Å²) in [5, 5.41) is 27.1. The van der Waals surface area contributed by atoms with Crippen molar-refractivity contribution in [2.45, 2.75) is 12.0 Å². The molecule has 0 heterocycles. The fourth-order valence-electron chi connectivity index (χ4n) is 1.28. The van der Waals surface area contributed by atoms with E-state index in [0.29, 0.717) is 5.56 Å². The van der Waals surface area contributed by atoms with E-state index in [1.807, 2.05) is 0 Å². The Kier molecular flexibility index (Phi) is 3.38. The lowest BCUT2D eigenvalue weighted by Gasteiger charge is -2.15. The normalized spacial score (nSPS) is 13.8. The fourth-order valence-corrected chi connectivity index (χ4v) is 1.28.